The highest BCUT2D eigenvalue weighted by atomic mass is 35.5. The first-order chi connectivity index (χ1) is 18.5. The lowest BCUT2D eigenvalue weighted by molar-refractivity contribution is 0.0488. The van der Waals surface area contributed by atoms with Crippen molar-refractivity contribution in [3.05, 3.63) is 75.8 Å². The van der Waals surface area contributed by atoms with E-state index in [1.165, 1.54) is 24.7 Å². The molecule has 0 fully saturated rings. The minimum Gasteiger partial charge on any atom is -0.491 e. The van der Waals surface area contributed by atoms with E-state index in [4.69, 9.17) is 49.4 Å². The number of imidazole rings is 1. The topological polar surface area (TPSA) is 114 Å². The summed E-state index contributed by atoms with van der Waals surface area (Å²) in [4.78, 5) is 29.6. The van der Waals surface area contributed by atoms with Gasteiger partial charge in [0, 0.05) is 29.5 Å². The number of hydrogen-bond donors (Lipinski definition) is 2. The largest absolute Gasteiger partial charge is 0.491 e. The molecule has 0 atom stereocenters. The van der Waals surface area contributed by atoms with Crippen LogP contribution >= 0.6 is 34.8 Å². The van der Waals surface area contributed by atoms with Crippen molar-refractivity contribution >= 4 is 46.6 Å². The van der Waals surface area contributed by atoms with Gasteiger partial charge in [-0.15, -0.1) is 0 Å². The molecule has 3 aromatic rings. The molecule has 2 N–H and O–H groups in total. The number of carbonyl (C=O) groups excluding carboxylic acids is 2. The standard InChI is InChI=1S/C15H16Cl3N3O2.C12H16O4/c1-2-4-20(15(22)21-5-3-19-10-21)6-7-23-14-12(17)8-11(16)9-13(14)18;1-12(2,15)11(14)9-3-5-10(6-4-9)16-8-7-13/h3,5,8-10H,2,4,6-7H2,1H3;3-6,13,15H,7-8H2,1-2H3. The summed E-state index contributed by atoms with van der Waals surface area (Å²) in [6.45, 7) is 6.35. The molecule has 0 radical (unpaired) electrons. The number of ketones is 1. The second kappa shape index (κ2) is 15.7. The molecule has 0 bridgehead atoms. The maximum absolute atomic E-state index is 12.3. The van der Waals surface area contributed by atoms with Gasteiger partial charge in [0.25, 0.3) is 0 Å². The lowest BCUT2D eigenvalue weighted by Gasteiger charge is -2.22. The van der Waals surface area contributed by atoms with Crippen LogP contribution in [0.3, 0.4) is 0 Å². The molecule has 9 nitrogen and oxygen atoms in total. The van der Waals surface area contributed by atoms with Crippen molar-refractivity contribution in [2.75, 3.05) is 32.9 Å². The van der Waals surface area contributed by atoms with Gasteiger partial charge in [-0.2, -0.15) is 0 Å². The number of ether oxygens (including phenoxy) is 2. The zero-order valence-corrected chi connectivity index (χ0v) is 24.2. The molecule has 0 aliphatic carbocycles. The molecule has 0 spiro atoms. The van der Waals surface area contributed by atoms with Crippen LogP contribution in [0.15, 0.2) is 55.1 Å². The molecule has 39 heavy (non-hydrogen) atoms. The molecule has 0 saturated carbocycles. The molecule has 212 valence electrons. The van der Waals surface area contributed by atoms with Gasteiger partial charge in [-0.25, -0.2) is 9.78 Å². The van der Waals surface area contributed by atoms with E-state index in [2.05, 4.69) is 4.98 Å². The maximum Gasteiger partial charge on any atom is 0.329 e. The summed E-state index contributed by atoms with van der Waals surface area (Å²) in [5.41, 5.74) is -0.933. The van der Waals surface area contributed by atoms with E-state index in [1.54, 1.807) is 53.7 Å². The van der Waals surface area contributed by atoms with Gasteiger partial charge in [0.05, 0.1) is 23.2 Å². The first-order valence-electron chi connectivity index (χ1n) is 12.1. The monoisotopic (exact) mass is 599 g/mol. The number of hydrogen-bond acceptors (Lipinski definition) is 7. The van der Waals surface area contributed by atoms with Crippen LogP contribution in [-0.4, -0.2) is 75.0 Å². The van der Waals surface area contributed by atoms with E-state index in [9.17, 15) is 14.7 Å². The molecule has 1 aromatic heterocycles. The molecule has 0 aliphatic heterocycles. The average Bonchev–Trinajstić information content (AvgIpc) is 3.43. The predicted molar refractivity (Wildman–Crippen MR) is 152 cm³/mol. The summed E-state index contributed by atoms with van der Waals surface area (Å²) >= 11 is 18.0. The Bertz CT molecular complexity index is 1180. The molecule has 0 unspecified atom stereocenters. The Morgan fingerprint density at radius 3 is 2.18 bits per heavy atom. The molecule has 1 heterocycles. The minimum absolute atomic E-state index is 0.0512. The third-order valence-electron chi connectivity index (χ3n) is 5.09. The fourth-order valence-electron chi connectivity index (χ4n) is 3.25. The highest BCUT2D eigenvalue weighted by molar-refractivity contribution is 6.40. The number of amides is 1. The molecule has 0 saturated heterocycles. The van der Waals surface area contributed by atoms with Crippen molar-refractivity contribution in [3.63, 3.8) is 0 Å². The molecule has 1 amide bonds. The zero-order chi connectivity index (χ0) is 29.0. The van der Waals surface area contributed by atoms with Gasteiger partial charge in [-0.1, -0.05) is 41.7 Å². The summed E-state index contributed by atoms with van der Waals surface area (Å²) in [6, 6.07) is 9.42. The van der Waals surface area contributed by atoms with E-state index in [0.717, 1.165) is 6.42 Å². The smallest absolute Gasteiger partial charge is 0.329 e. The SMILES string of the molecule is CC(C)(O)C(=O)c1ccc(OCCO)cc1.CCCN(CCOc1c(Cl)cc(Cl)cc1Cl)C(=O)n1ccnc1. The second-order valence-corrected chi connectivity index (χ2v) is 10.0. The van der Waals surface area contributed by atoms with Crippen LogP contribution in [0.1, 0.15) is 37.6 Å². The van der Waals surface area contributed by atoms with Crippen molar-refractivity contribution in [3.8, 4) is 11.5 Å². The number of benzene rings is 2. The van der Waals surface area contributed by atoms with Crippen LogP contribution in [0.4, 0.5) is 4.79 Å². The van der Waals surface area contributed by atoms with E-state index >= 15 is 0 Å². The third kappa shape index (κ3) is 10.3. The van der Waals surface area contributed by atoms with Crippen LogP contribution in [0.2, 0.25) is 15.1 Å². The number of aromatic nitrogens is 2. The van der Waals surface area contributed by atoms with Crippen LogP contribution in [-0.2, 0) is 0 Å². The number of aliphatic hydroxyl groups excluding tert-OH is 1. The van der Waals surface area contributed by atoms with E-state index in [-0.39, 0.29) is 31.6 Å². The Labute approximate surface area is 242 Å². The Kier molecular flexibility index (Phi) is 13.0. The molecule has 0 aliphatic rings. The van der Waals surface area contributed by atoms with Crippen molar-refractivity contribution in [2.45, 2.75) is 32.8 Å². The van der Waals surface area contributed by atoms with E-state index in [1.807, 2.05) is 6.92 Å². The number of halogens is 3. The van der Waals surface area contributed by atoms with Crippen LogP contribution in [0.25, 0.3) is 0 Å². The average molecular weight is 601 g/mol. The second-order valence-electron chi connectivity index (χ2n) is 8.77. The van der Waals surface area contributed by atoms with Crippen LogP contribution in [0.5, 0.6) is 11.5 Å². The first kappa shape index (κ1) is 32.4. The normalized spacial score (nSPS) is 10.9. The molecule has 3 rings (SSSR count). The summed E-state index contributed by atoms with van der Waals surface area (Å²) in [5, 5.41) is 19.2. The summed E-state index contributed by atoms with van der Waals surface area (Å²) in [6.07, 6.45) is 5.48. The first-order valence-corrected chi connectivity index (χ1v) is 13.3. The predicted octanol–water partition coefficient (Wildman–Crippen LogP) is 5.61. The zero-order valence-electron chi connectivity index (χ0n) is 21.9. The van der Waals surface area contributed by atoms with Crippen LogP contribution < -0.4 is 9.47 Å². The molecular weight excluding hydrogens is 569 g/mol. The number of rotatable bonds is 11. The highest BCUT2D eigenvalue weighted by Crippen LogP contribution is 2.35. The Hall–Kier alpha value is -2.82. The van der Waals surface area contributed by atoms with E-state index < -0.39 is 5.60 Å². The Morgan fingerprint density at radius 1 is 1.03 bits per heavy atom. The summed E-state index contributed by atoms with van der Waals surface area (Å²) in [7, 11) is 0. The molecule has 2 aromatic carbocycles. The van der Waals surface area contributed by atoms with Gasteiger partial charge < -0.3 is 24.6 Å². The van der Waals surface area contributed by atoms with E-state index in [0.29, 0.717) is 45.2 Å². The molecular formula is C27H32Cl3N3O6. The number of Topliss-reactive ketones (excluding diaryl/α,β-unsaturated/α-hetero) is 1. The number of aliphatic hydroxyl groups is 2. The van der Waals surface area contributed by atoms with Gasteiger partial charge in [0.2, 0.25) is 0 Å². The van der Waals surface area contributed by atoms with Gasteiger partial charge in [-0.05, 0) is 56.7 Å². The maximum atomic E-state index is 12.3. The minimum atomic E-state index is -1.37. The van der Waals surface area contributed by atoms with Gasteiger partial charge in [-0.3, -0.25) is 9.36 Å². The highest BCUT2D eigenvalue weighted by Gasteiger charge is 2.25. The van der Waals surface area contributed by atoms with Gasteiger partial charge in [0.15, 0.2) is 11.5 Å². The fraction of sp³-hybridized carbons (Fsp3) is 0.370. The van der Waals surface area contributed by atoms with Gasteiger partial charge in [0.1, 0.15) is 30.9 Å². The van der Waals surface area contributed by atoms with Gasteiger partial charge >= 0.3 is 6.03 Å². The van der Waals surface area contributed by atoms with Crippen molar-refractivity contribution in [2.24, 2.45) is 0 Å². The molecule has 12 heteroatoms. The Morgan fingerprint density at radius 2 is 1.67 bits per heavy atom. The van der Waals surface area contributed by atoms with Crippen molar-refractivity contribution < 1.29 is 29.3 Å². The lowest BCUT2D eigenvalue weighted by atomic mass is 9.97. The summed E-state index contributed by atoms with van der Waals surface area (Å²) < 4.78 is 12.2. The van der Waals surface area contributed by atoms with Crippen molar-refractivity contribution in [1.29, 1.82) is 0 Å². The van der Waals surface area contributed by atoms with Crippen LogP contribution in [0, 0.1) is 0 Å². The lowest BCUT2D eigenvalue weighted by Crippen LogP contribution is -2.37. The number of nitrogens with zero attached hydrogens (tertiary/aromatic N) is 3. The summed E-state index contributed by atoms with van der Waals surface area (Å²) in [5.74, 6) is 0.617. The Balaban J connectivity index is 0.000000293. The quantitative estimate of drug-likeness (QED) is 0.275. The number of carbonyl (C=O) groups is 2. The third-order valence-corrected chi connectivity index (χ3v) is 5.87. The van der Waals surface area contributed by atoms with Crippen molar-refractivity contribution in [1.82, 2.24) is 14.5 Å². The fourth-order valence-corrected chi connectivity index (χ4v) is 4.18.